The molecule has 0 heterocycles. The molecule has 2 aromatic rings. The number of ether oxygens (including phenoxy) is 4. The maximum absolute atomic E-state index is 14.4. The van der Waals surface area contributed by atoms with Crippen LogP contribution in [0.1, 0.15) is 108 Å². The smallest absolute Gasteiger partial charge is 0.343 e. The van der Waals surface area contributed by atoms with Gasteiger partial charge in [-0.05, 0) is 62.2 Å². The van der Waals surface area contributed by atoms with Crippen LogP contribution in [0.2, 0.25) is 0 Å². The maximum Gasteiger partial charge on any atom is 0.343 e. The summed E-state index contributed by atoms with van der Waals surface area (Å²) >= 11 is 0. The lowest BCUT2D eigenvalue weighted by atomic mass is 10.1. The normalized spacial score (nSPS) is 11.7. The van der Waals surface area contributed by atoms with Gasteiger partial charge in [-0.25, -0.2) is 14.0 Å². The lowest BCUT2D eigenvalue weighted by Crippen LogP contribution is -2.26. The van der Waals surface area contributed by atoms with E-state index >= 15 is 0 Å². The van der Waals surface area contributed by atoms with E-state index < -0.39 is 23.9 Å². The number of carbonyl (C=O) groups excluding carboxylic acids is 2. The summed E-state index contributed by atoms with van der Waals surface area (Å²) < 4.78 is 36.2. The Morgan fingerprint density at radius 1 is 0.718 bits per heavy atom. The van der Waals surface area contributed by atoms with E-state index in [0.29, 0.717) is 19.0 Å². The van der Waals surface area contributed by atoms with E-state index in [0.717, 1.165) is 38.2 Å². The highest BCUT2D eigenvalue weighted by Gasteiger charge is 2.17. The van der Waals surface area contributed by atoms with Crippen LogP contribution in [-0.4, -0.2) is 31.3 Å². The predicted octanol–water partition coefficient (Wildman–Crippen LogP) is 8.46. The Labute approximate surface area is 233 Å². The van der Waals surface area contributed by atoms with Crippen LogP contribution in [0.15, 0.2) is 42.5 Å². The van der Waals surface area contributed by atoms with Gasteiger partial charge in [-0.2, -0.15) is 0 Å². The number of carbonyl (C=O) groups is 2. The van der Waals surface area contributed by atoms with Crippen LogP contribution >= 0.6 is 0 Å². The number of esters is 2. The summed E-state index contributed by atoms with van der Waals surface area (Å²) in [6.45, 7) is 6.99. The Morgan fingerprint density at radius 2 is 1.26 bits per heavy atom. The molecule has 39 heavy (non-hydrogen) atoms. The van der Waals surface area contributed by atoms with Crippen molar-refractivity contribution >= 4 is 11.9 Å². The van der Waals surface area contributed by atoms with Crippen molar-refractivity contribution in [3.63, 3.8) is 0 Å². The standard InChI is InChI=1S/C32H45FO6/c1-4-6-8-10-12-14-22-36-25(3)31(34)38-27-17-19-28(20-18-27)39-32(35)26-16-21-30(29(33)24-26)37-23-15-13-11-9-7-5-2/h16-21,24-25H,4-15,22-23H2,1-3H3. The molecule has 0 saturated carbocycles. The molecular weight excluding hydrogens is 499 g/mol. The summed E-state index contributed by atoms with van der Waals surface area (Å²) in [4.78, 5) is 24.8. The van der Waals surface area contributed by atoms with Gasteiger partial charge >= 0.3 is 11.9 Å². The van der Waals surface area contributed by atoms with E-state index in [4.69, 9.17) is 18.9 Å². The van der Waals surface area contributed by atoms with Crippen molar-refractivity contribution in [3.05, 3.63) is 53.8 Å². The molecule has 0 aliphatic carbocycles. The van der Waals surface area contributed by atoms with Crippen molar-refractivity contribution in [2.75, 3.05) is 13.2 Å². The SMILES string of the molecule is CCCCCCCCOc1ccc(C(=O)Oc2ccc(OC(=O)C(C)OCCCCCCCC)cc2)cc1F. The summed E-state index contributed by atoms with van der Waals surface area (Å²) in [5, 5.41) is 0. The van der Waals surface area contributed by atoms with Gasteiger partial charge in [-0.3, -0.25) is 0 Å². The Kier molecular flexibility index (Phi) is 15.9. The van der Waals surface area contributed by atoms with Crippen LogP contribution in [0, 0.1) is 5.82 Å². The quantitative estimate of drug-likeness (QED) is 0.0946. The van der Waals surface area contributed by atoms with E-state index in [2.05, 4.69) is 13.8 Å². The third-order valence-electron chi connectivity index (χ3n) is 6.37. The van der Waals surface area contributed by atoms with E-state index in [1.165, 1.54) is 81.3 Å². The lowest BCUT2D eigenvalue weighted by molar-refractivity contribution is -0.146. The minimum atomic E-state index is -0.696. The van der Waals surface area contributed by atoms with Gasteiger partial charge in [0.25, 0.3) is 0 Å². The van der Waals surface area contributed by atoms with Crippen LogP contribution < -0.4 is 14.2 Å². The molecule has 216 valence electrons. The second-order valence-corrected chi connectivity index (χ2v) is 9.82. The van der Waals surface area contributed by atoms with E-state index in [9.17, 15) is 14.0 Å². The molecule has 6 nitrogen and oxygen atoms in total. The minimum Gasteiger partial charge on any atom is -0.491 e. The first-order valence-corrected chi connectivity index (χ1v) is 14.5. The van der Waals surface area contributed by atoms with E-state index in [-0.39, 0.29) is 17.1 Å². The Morgan fingerprint density at radius 3 is 1.85 bits per heavy atom. The van der Waals surface area contributed by atoms with Crippen molar-refractivity contribution in [3.8, 4) is 17.2 Å². The fraction of sp³-hybridized carbons (Fsp3) is 0.562. The first-order valence-electron chi connectivity index (χ1n) is 14.5. The van der Waals surface area contributed by atoms with Gasteiger partial charge in [0, 0.05) is 6.61 Å². The van der Waals surface area contributed by atoms with Crippen LogP contribution in [0.5, 0.6) is 17.2 Å². The predicted molar refractivity (Wildman–Crippen MR) is 151 cm³/mol. The zero-order chi connectivity index (χ0) is 28.3. The molecule has 1 atom stereocenters. The number of halogens is 1. The first-order chi connectivity index (χ1) is 18.9. The molecule has 0 N–H and O–H groups in total. The number of rotatable bonds is 20. The molecule has 7 heteroatoms. The van der Waals surface area contributed by atoms with Crippen molar-refractivity contribution in [2.24, 2.45) is 0 Å². The molecule has 0 aliphatic heterocycles. The first kappa shape index (κ1) is 32.3. The van der Waals surface area contributed by atoms with Gasteiger partial charge in [-0.15, -0.1) is 0 Å². The summed E-state index contributed by atoms with van der Waals surface area (Å²) in [6, 6.07) is 10.1. The maximum atomic E-state index is 14.4. The highest BCUT2D eigenvalue weighted by Crippen LogP contribution is 2.22. The molecule has 0 aliphatic rings. The molecule has 0 aromatic heterocycles. The molecule has 0 spiro atoms. The number of hydrogen-bond acceptors (Lipinski definition) is 6. The average molecular weight is 545 g/mol. The van der Waals surface area contributed by atoms with Gasteiger partial charge in [-0.1, -0.05) is 78.1 Å². The number of hydrogen-bond donors (Lipinski definition) is 0. The van der Waals surface area contributed by atoms with Gasteiger partial charge in [0.15, 0.2) is 17.7 Å². The molecule has 0 saturated heterocycles. The number of unbranched alkanes of at least 4 members (excludes halogenated alkanes) is 10. The average Bonchev–Trinajstić information content (AvgIpc) is 2.93. The molecular formula is C32H45FO6. The summed E-state index contributed by atoms with van der Waals surface area (Å²) in [7, 11) is 0. The third-order valence-corrected chi connectivity index (χ3v) is 6.37. The van der Waals surface area contributed by atoms with Crippen LogP contribution in [0.3, 0.4) is 0 Å². The van der Waals surface area contributed by atoms with Crippen molar-refractivity contribution in [2.45, 2.75) is 104 Å². The second kappa shape index (κ2) is 19.2. The lowest BCUT2D eigenvalue weighted by Gasteiger charge is -2.13. The molecule has 0 fully saturated rings. The number of benzene rings is 2. The van der Waals surface area contributed by atoms with Crippen molar-refractivity contribution < 1.29 is 32.9 Å². The fourth-order valence-corrected chi connectivity index (χ4v) is 3.96. The largest absolute Gasteiger partial charge is 0.491 e. The molecule has 0 amide bonds. The Bertz CT molecular complexity index is 975. The zero-order valence-corrected chi connectivity index (χ0v) is 23.8. The van der Waals surface area contributed by atoms with Crippen molar-refractivity contribution in [1.82, 2.24) is 0 Å². The zero-order valence-electron chi connectivity index (χ0n) is 23.8. The summed E-state index contributed by atoms with van der Waals surface area (Å²) in [6.07, 6.45) is 12.9. The van der Waals surface area contributed by atoms with Crippen LogP contribution in [-0.2, 0) is 9.53 Å². The van der Waals surface area contributed by atoms with Gasteiger partial charge < -0.3 is 18.9 Å². The second-order valence-electron chi connectivity index (χ2n) is 9.82. The summed E-state index contributed by atoms with van der Waals surface area (Å²) in [5.41, 5.74) is 0.0752. The fourth-order valence-electron chi connectivity index (χ4n) is 3.96. The summed E-state index contributed by atoms with van der Waals surface area (Å²) in [5.74, 6) is -1.11. The molecule has 0 radical (unpaired) electrons. The molecule has 2 rings (SSSR count). The third kappa shape index (κ3) is 13.1. The molecule has 1 unspecified atom stereocenters. The van der Waals surface area contributed by atoms with Crippen LogP contribution in [0.4, 0.5) is 4.39 Å². The van der Waals surface area contributed by atoms with E-state index in [1.54, 1.807) is 6.92 Å². The van der Waals surface area contributed by atoms with Crippen LogP contribution in [0.25, 0.3) is 0 Å². The van der Waals surface area contributed by atoms with Crippen molar-refractivity contribution in [1.29, 1.82) is 0 Å². The highest BCUT2D eigenvalue weighted by molar-refractivity contribution is 5.91. The monoisotopic (exact) mass is 544 g/mol. The van der Waals surface area contributed by atoms with Gasteiger partial charge in [0.2, 0.25) is 0 Å². The Balaban J connectivity index is 1.73. The van der Waals surface area contributed by atoms with Gasteiger partial charge in [0.05, 0.1) is 12.2 Å². The Hall–Kier alpha value is -2.93. The molecule has 0 bridgehead atoms. The van der Waals surface area contributed by atoms with Gasteiger partial charge in [0.1, 0.15) is 11.5 Å². The topological polar surface area (TPSA) is 71.1 Å². The minimum absolute atomic E-state index is 0.0752. The highest BCUT2D eigenvalue weighted by atomic mass is 19.1. The molecule has 2 aromatic carbocycles. The van der Waals surface area contributed by atoms with E-state index in [1.807, 2.05) is 0 Å².